The van der Waals surface area contributed by atoms with E-state index in [-0.39, 0.29) is 0 Å². The second-order valence-electron chi connectivity index (χ2n) is 3.85. The lowest BCUT2D eigenvalue weighted by molar-refractivity contribution is 0.451. The Kier molecular flexibility index (Phi) is 7.34. The highest BCUT2D eigenvalue weighted by Crippen LogP contribution is 2.17. The van der Waals surface area contributed by atoms with Crippen molar-refractivity contribution in [1.82, 2.24) is 10.3 Å². The van der Waals surface area contributed by atoms with Crippen LogP contribution in [0.25, 0.3) is 0 Å². The topological polar surface area (TPSA) is 38.1 Å². The summed E-state index contributed by atoms with van der Waals surface area (Å²) in [5, 5.41) is 4.35. The van der Waals surface area contributed by atoms with Crippen LogP contribution < -0.4 is 5.32 Å². The van der Waals surface area contributed by atoms with Gasteiger partial charge in [-0.3, -0.25) is 0 Å². The van der Waals surface area contributed by atoms with Crippen LogP contribution in [0.5, 0.6) is 0 Å². The molecular formula is C12H22N2OS. The summed E-state index contributed by atoms with van der Waals surface area (Å²) >= 11 is 1.70. The third-order valence-electron chi connectivity index (χ3n) is 2.51. The summed E-state index contributed by atoms with van der Waals surface area (Å²) in [7, 11) is 0. The zero-order valence-corrected chi connectivity index (χ0v) is 11.1. The predicted octanol–water partition coefficient (Wildman–Crippen LogP) is 3.33. The normalized spacial score (nSPS) is 12.9. The van der Waals surface area contributed by atoms with Crippen LogP contribution in [0.4, 0.5) is 0 Å². The van der Waals surface area contributed by atoms with E-state index in [1.54, 1.807) is 24.2 Å². The molecule has 3 nitrogen and oxygen atoms in total. The molecule has 1 aromatic heterocycles. The van der Waals surface area contributed by atoms with Crippen LogP contribution in [0, 0.1) is 0 Å². The minimum atomic E-state index is 0.671. The Morgan fingerprint density at radius 2 is 2.38 bits per heavy atom. The number of thioether (sulfide) groups is 1. The van der Waals surface area contributed by atoms with E-state index in [4.69, 9.17) is 4.42 Å². The number of nitrogens with one attached hydrogen (secondary N) is 1. The third kappa shape index (κ3) is 5.56. The van der Waals surface area contributed by atoms with E-state index < -0.39 is 0 Å². The van der Waals surface area contributed by atoms with Crippen LogP contribution in [0.1, 0.15) is 39.5 Å². The van der Waals surface area contributed by atoms with E-state index >= 15 is 0 Å². The van der Waals surface area contributed by atoms with Crippen molar-refractivity contribution >= 4 is 11.8 Å². The zero-order valence-electron chi connectivity index (χ0n) is 10.2. The Morgan fingerprint density at radius 1 is 1.50 bits per heavy atom. The van der Waals surface area contributed by atoms with Crippen LogP contribution >= 0.6 is 11.8 Å². The van der Waals surface area contributed by atoms with Crippen molar-refractivity contribution in [2.45, 2.75) is 50.8 Å². The van der Waals surface area contributed by atoms with Crippen molar-refractivity contribution in [3.05, 3.63) is 12.5 Å². The molecule has 0 spiro atoms. The minimum Gasteiger partial charge on any atom is -0.440 e. The second-order valence-corrected chi connectivity index (χ2v) is 4.89. The molecule has 0 aliphatic rings. The van der Waals surface area contributed by atoms with Crippen molar-refractivity contribution in [2.24, 2.45) is 0 Å². The van der Waals surface area contributed by atoms with Crippen LogP contribution in [-0.4, -0.2) is 23.3 Å². The highest BCUT2D eigenvalue weighted by atomic mass is 32.2. The van der Waals surface area contributed by atoms with Gasteiger partial charge in [0.15, 0.2) is 0 Å². The quantitative estimate of drug-likeness (QED) is 0.532. The Labute approximate surface area is 102 Å². The maximum Gasteiger partial charge on any atom is 0.255 e. The summed E-state index contributed by atoms with van der Waals surface area (Å²) in [4.78, 5) is 4.08. The van der Waals surface area contributed by atoms with Crippen LogP contribution in [0.15, 0.2) is 22.1 Å². The average molecular weight is 242 g/mol. The fourth-order valence-electron chi connectivity index (χ4n) is 1.57. The van der Waals surface area contributed by atoms with E-state index in [0.29, 0.717) is 6.04 Å². The molecule has 1 aromatic rings. The van der Waals surface area contributed by atoms with Gasteiger partial charge in [-0.05, 0) is 32.2 Å². The molecule has 1 rings (SSSR count). The van der Waals surface area contributed by atoms with E-state index in [1.807, 2.05) is 0 Å². The van der Waals surface area contributed by atoms with Crippen molar-refractivity contribution in [2.75, 3.05) is 12.3 Å². The van der Waals surface area contributed by atoms with E-state index in [1.165, 1.54) is 25.7 Å². The molecule has 0 saturated carbocycles. The SMILES string of the molecule is CCCNC(CC)CCCSc1ncco1. The van der Waals surface area contributed by atoms with Gasteiger partial charge in [-0.1, -0.05) is 25.6 Å². The Bertz CT molecular complexity index is 252. The molecule has 0 bridgehead atoms. The maximum absolute atomic E-state index is 5.17. The fraction of sp³-hybridized carbons (Fsp3) is 0.750. The van der Waals surface area contributed by atoms with Gasteiger partial charge in [0.1, 0.15) is 6.26 Å². The highest BCUT2D eigenvalue weighted by molar-refractivity contribution is 7.99. The smallest absolute Gasteiger partial charge is 0.255 e. The molecule has 4 heteroatoms. The van der Waals surface area contributed by atoms with Gasteiger partial charge in [0.2, 0.25) is 0 Å². The van der Waals surface area contributed by atoms with Gasteiger partial charge >= 0.3 is 0 Å². The minimum absolute atomic E-state index is 0.671. The predicted molar refractivity (Wildman–Crippen MR) is 68.8 cm³/mol. The molecule has 1 N–H and O–H groups in total. The van der Waals surface area contributed by atoms with Gasteiger partial charge in [0.05, 0.1) is 6.20 Å². The van der Waals surface area contributed by atoms with Gasteiger partial charge in [0, 0.05) is 11.8 Å². The van der Waals surface area contributed by atoms with Gasteiger partial charge < -0.3 is 9.73 Å². The first-order valence-electron chi connectivity index (χ1n) is 6.12. The first-order chi connectivity index (χ1) is 7.86. The lowest BCUT2D eigenvalue weighted by atomic mass is 10.1. The van der Waals surface area contributed by atoms with Gasteiger partial charge in [-0.15, -0.1) is 0 Å². The van der Waals surface area contributed by atoms with Crippen LogP contribution in [0.3, 0.4) is 0 Å². The fourth-order valence-corrected chi connectivity index (χ4v) is 2.31. The Hall–Kier alpha value is -0.480. The standard InChI is InChI=1S/C12H22N2OS/c1-3-7-13-11(4-2)6-5-10-16-12-14-8-9-15-12/h8-9,11,13H,3-7,10H2,1-2H3. The molecule has 0 aromatic carbocycles. The molecule has 0 saturated heterocycles. The van der Waals surface area contributed by atoms with E-state index in [2.05, 4.69) is 24.1 Å². The number of hydrogen-bond donors (Lipinski definition) is 1. The van der Waals surface area contributed by atoms with Crippen molar-refractivity contribution in [3.63, 3.8) is 0 Å². The number of oxazole rings is 1. The van der Waals surface area contributed by atoms with Crippen molar-refractivity contribution in [3.8, 4) is 0 Å². The monoisotopic (exact) mass is 242 g/mol. The first-order valence-corrected chi connectivity index (χ1v) is 7.11. The summed E-state index contributed by atoms with van der Waals surface area (Å²) in [5.74, 6) is 1.09. The summed E-state index contributed by atoms with van der Waals surface area (Å²) in [5.41, 5.74) is 0. The molecule has 0 amide bonds. The lowest BCUT2D eigenvalue weighted by Crippen LogP contribution is -2.29. The van der Waals surface area contributed by atoms with Crippen molar-refractivity contribution < 1.29 is 4.42 Å². The van der Waals surface area contributed by atoms with E-state index in [0.717, 1.165) is 17.5 Å². The van der Waals surface area contributed by atoms with Crippen LogP contribution in [-0.2, 0) is 0 Å². The molecule has 0 radical (unpaired) electrons. The average Bonchev–Trinajstić information content (AvgIpc) is 2.81. The summed E-state index contributed by atoms with van der Waals surface area (Å²) in [6.45, 7) is 5.58. The molecule has 0 aliphatic heterocycles. The second kappa shape index (κ2) is 8.65. The molecule has 92 valence electrons. The maximum atomic E-state index is 5.17. The number of rotatable bonds is 9. The lowest BCUT2D eigenvalue weighted by Gasteiger charge is -2.15. The molecule has 0 fully saturated rings. The number of aromatic nitrogens is 1. The van der Waals surface area contributed by atoms with Gasteiger partial charge in [-0.2, -0.15) is 0 Å². The zero-order chi connectivity index (χ0) is 11.6. The number of nitrogens with zero attached hydrogens (tertiary/aromatic N) is 1. The highest BCUT2D eigenvalue weighted by Gasteiger charge is 2.05. The Balaban J connectivity index is 2.04. The van der Waals surface area contributed by atoms with E-state index in [9.17, 15) is 0 Å². The molecular weight excluding hydrogens is 220 g/mol. The number of hydrogen-bond acceptors (Lipinski definition) is 4. The van der Waals surface area contributed by atoms with Crippen LogP contribution in [0.2, 0.25) is 0 Å². The Morgan fingerprint density at radius 3 is 3.00 bits per heavy atom. The molecule has 1 atom stereocenters. The summed E-state index contributed by atoms with van der Waals surface area (Å²) in [6, 6.07) is 0.671. The van der Waals surface area contributed by atoms with Gasteiger partial charge in [0.25, 0.3) is 5.22 Å². The summed E-state index contributed by atoms with van der Waals surface area (Å²) in [6.07, 6.45) is 8.19. The molecule has 16 heavy (non-hydrogen) atoms. The first kappa shape index (κ1) is 13.6. The molecule has 0 aliphatic carbocycles. The molecule has 1 unspecified atom stereocenters. The largest absolute Gasteiger partial charge is 0.440 e. The van der Waals surface area contributed by atoms with Crippen molar-refractivity contribution in [1.29, 1.82) is 0 Å². The molecule has 1 heterocycles. The summed E-state index contributed by atoms with van der Waals surface area (Å²) < 4.78 is 5.17. The van der Waals surface area contributed by atoms with Gasteiger partial charge in [-0.25, -0.2) is 4.98 Å². The third-order valence-corrected chi connectivity index (χ3v) is 3.45.